The van der Waals surface area contributed by atoms with Crippen molar-refractivity contribution in [2.75, 3.05) is 47.9 Å². The molecule has 2 aliphatic rings. The highest BCUT2D eigenvalue weighted by Gasteiger charge is 2.48. The second kappa shape index (κ2) is 20.5. The quantitative estimate of drug-likeness (QED) is 0.147. The maximum absolute atomic E-state index is 16.2. The van der Waals surface area contributed by atoms with E-state index in [9.17, 15) is 32.3 Å². The summed E-state index contributed by atoms with van der Waals surface area (Å²) in [6.45, 7) is 0.841. The first-order valence-electron chi connectivity index (χ1n) is 21.1. The summed E-state index contributed by atoms with van der Waals surface area (Å²) >= 11 is 12.5. The van der Waals surface area contributed by atoms with Crippen molar-refractivity contribution in [1.82, 2.24) is 34.5 Å². The average molecular weight is 947 g/mol. The number of nitrogens with one attached hydrogen (secondary N) is 1. The molecule has 0 radical (unpaired) electrons. The molecule has 1 aromatic heterocycles. The smallest absolute Gasteiger partial charge is 0.389 e. The molecular formula is C46H53Cl2F4N7O6. The van der Waals surface area contributed by atoms with E-state index in [4.69, 9.17) is 32.7 Å². The van der Waals surface area contributed by atoms with Crippen molar-refractivity contribution in [1.29, 1.82) is 0 Å². The summed E-state index contributed by atoms with van der Waals surface area (Å²) in [5.74, 6) is -5.36. The third-order valence-corrected chi connectivity index (χ3v) is 12.6. The van der Waals surface area contributed by atoms with Crippen molar-refractivity contribution in [3.8, 4) is 22.8 Å². The van der Waals surface area contributed by atoms with Crippen LogP contribution in [-0.2, 0) is 50.5 Å². The molecule has 65 heavy (non-hydrogen) atoms. The number of hydrogen-bond donors (Lipinski definition) is 1. The molecule has 6 rings (SSSR count). The molecule has 0 spiro atoms. The zero-order chi connectivity index (χ0) is 47.4. The maximum atomic E-state index is 16.2. The lowest BCUT2D eigenvalue weighted by Gasteiger charge is -2.50. The Morgan fingerprint density at radius 2 is 1.66 bits per heavy atom. The largest absolute Gasteiger partial charge is 0.457 e. The molecule has 4 atom stereocenters. The minimum Gasteiger partial charge on any atom is -0.457 e. The highest BCUT2D eigenvalue weighted by molar-refractivity contribution is 6.31. The van der Waals surface area contributed by atoms with Crippen LogP contribution in [0.15, 0.2) is 66.9 Å². The van der Waals surface area contributed by atoms with Crippen LogP contribution in [0.3, 0.4) is 0 Å². The number of amides is 4. The zero-order valence-corrected chi connectivity index (χ0v) is 38.6. The molecule has 0 saturated carbocycles. The summed E-state index contributed by atoms with van der Waals surface area (Å²) in [6, 6.07) is 13.2. The maximum Gasteiger partial charge on any atom is 0.389 e. The van der Waals surface area contributed by atoms with E-state index in [-0.39, 0.29) is 48.2 Å². The van der Waals surface area contributed by atoms with Gasteiger partial charge >= 0.3 is 6.18 Å². The Balaban J connectivity index is 1.37. The third kappa shape index (κ3) is 11.8. The fourth-order valence-electron chi connectivity index (χ4n) is 8.58. The fourth-order valence-corrected chi connectivity index (χ4v) is 8.90. The van der Waals surface area contributed by atoms with Gasteiger partial charge < -0.3 is 39.0 Å². The van der Waals surface area contributed by atoms with Crippen LogP contribution >= 0.6 is 23.2 Å². The predicted octanol–water partition coefficient (Wildman–Crippen LogP) is 7.27. The number of carbonyl (C=O) groups excluding carboxylic acids is 4. The van der Waals surface area contributed by atoms with Crippen molar-refractivity contribution in [3.63, 3.8) is 0 Å². The van der Waals surface area contributed by atoms with Crippen LogP contribution in [0.1, 0.15) is 49.6 Å². The standard InChI is InChI=1S/C46H53Cl2F4N7O6/c1-28-42(61)54-37(26-64-6)44(63)57(5)45(21-29-8-12-32(47)13-9-29)16-7-17-58(27-45)43(62)31(22-46(50,51)52)18-41(60)59(28)24-35-36(49)19-33(48)20-39(35)65-34-14-10-30(11-15-34)38-23-53-40(56(38)4)25-55(2)3/h8-15,19-20,23,28,31,37H,7,16-18,21-22,24-27H2,1-6H3,(H,54,61). The second-order valence-corrected chi connectivity index (χ2v) is 17.9. The van der Waals surface area contributed by atoms with E-state index in [1.807, 2.05) is 30.6 Å². The van der Waals surface area contributed by atoms with Gasteiger partial charge in [-0.3, -0.25) is 19.2 Å². The molecule has 4 unspecified atom stereocenters. The Morgan fingerprint density at radius 1 is 0.969 bits per heavy atom. The number of hydrogen-bond acceptors (Lipinski definition) is 8. The molecule has 2 saturated heterocycles. The van der Waals surface area contributed by atoms with Gasteiger partial charge in [0.2, 0.25) is 23.6 Å². The minimum atomic E-state index is -4.87. The summed E-state index contributed by atoms with van der Waals surface area (Å²) in [4.78, 5) is 67.8. The highest BCUT2D eigenvalue weighted by atomic mass is 35.5. The van der Waals surface area contributed by atoms with Gasteiger partial charge in [-0.2, -0.15) is 13.2 Å². The Bertz CT molecular complexity index is 2360. The number of rotatable bonds is 12. The Kier molecular flexibility index (Phi) is 15.5. The number of piperidine rings is 1. The molecule has 1 N–H and O–H groups in total. The van der Waals surface area contributed by atoms with Gasteiger partial charge in [-0.25, -0.2) is 9.37 Å². The van der Waals surface area contributed by atoms with Gasteiger partial charge in [-0.1, -0.05) is 35.3 Å². The molecule has 4 aromatic rings. The number of halogens is 6. The predicted molar refractivity (Wildman–Crippen MR) is 237 cm³/mol. The van der Waals surface area contributed by atoms with E-state index < -0.39 is 78.5 Å². The molecule has 2 bridgehead atoms. The van der Waals surface area contributed by atoms with Gasteiger partial charge in [0.1, 0.15) is 35.2 Å². The Morgan fingerprint density at radius 3 is 2.31 bits per heavy atom. The molecule has 2 fully saturated rings. The Labute approximate surface area is 385 Å². The summed E-state index contributed by atoms with van der Waals surface area (Å²) < 4.78 is 72.8. The molecular weight excluding hydrogens is 893 g/mol. The van der Waals surface area contributed by atoms with E-state index >= 15 is 4.39 Å². The number of fused-ring (bicyclic) bond motifs is 2. The van der Waals surface area contributed by atoms with E-state index in [2.05, 4.69) is 10.3 Å². The molecule has 0 aliphatic carbocycles. The summed E-state index contributed by atoms with van der Waals surface area (Å²) in [5, 5.41) is 3.10. The number of nitrogens with zero attached hydrogens (tertiary/aromatic N) is 6. The number of aromatic nitrogens is 2. The lowest BCUT2D eigenvalue weighted by atomic mass is 9.80. The number of benzene rings is 3. The lowest BCUT2D eigenvalue weighted by Crippen LogP contribution is -2.65. The molecule has 2 aliphatic heterocycles. The number of carbonyl (C=O) groups is 4. The van der Waals surface area contributed by atoms with Crippen LogP contribution < -0.4 is 10.1 Å². The zero-order valence-electron chi connectivity index (χ0n) is 37.1. The third-order valence-electron chi connectivity index (χ3n) is 12.1. The van der Waals surface area contributed by atoms with Crippen molar-refractivity contribution >= 4 is 46.8 Å². The number of imidazole rings is 1. The molecule has 4 amide bonds. The Hall–Kier alpha value is -5.23. The normalized spacial score (nSPS) is 21.5. The second-order valence-electron chi connectivity index (χ2n) is 17.1. The monoisotopic (exact) mass is 945 g/mol. The summed E-state index contributed by atoms with van der Waals surface area (Å²) in [5.41, 5.74) is 0.995. The first-order valence-corrected chi connectivity index (χ1v) is 21.8. The van der Waals surface area contributed by atoms with Crippen LogP contribution in [0.2, 0.25) is 10.0 Å². The van der Waals surface area contributed by atoms with Crippen LogP contribution in [0.5, 0.6) is 11.5 Å². The number of likely N-dealkylation sites (N-methyl/N-ethyl adjacent to an activating group) is 1. The van der Waals surface area contributed by atoms with Gasteiger partial charge in [0.05, 0.1) is 49.5 Å². The van der Waals surface area contributed by atoms with Crippen molar-refractivity contribution in [2.24, 2.45) is 13.0 Å². The van der Waals surface area contributed by atoms with E-state index in [1.165, 1.54) is 36.9 Å². The van der Waals surface area contributed by atoms with Gasteiger partial charge in [0.15, 0.2) is 0 Å². The molecule has 3 aromatic carbocycles. The number of ether oxygens (including phenoxy) is 2. The number of methoxy groups -OCH3 is 1. The van der Waals surface area contributed by atoms with Crippen molar-refractivity contribution in [3.05, 3.63) is 99.7 Å². The first-order chi connectivity index (χ1) is 30.7. The summed E-state index contributed by atoms with van der Waals surface area (Å²) in [7, 11) is 8.64. The van der Waals surface area contributed by atoms with E-state index in [0.29, 0.717) is 24.4 Å². The molecule has 350 valence electrons. The van der Waals surface area contributed by atoms with Gasteiger partial charge in [0, 0.05) is 61.9 Å². The van der Waals surface area contributed by atoms with Gasteiger partial charge in [0.25, 0.3) is 0 Å². The van der Waals surface area contributed by atoms with Crippen molar-refractivity contribution in [2.45, 2.75) is 75.9 Å². The van der Waals surface area contributed by atoms with Gasteiger partial charge in [-0.15, -0.1) is 0 Å². The van der Waals surface area contributed by atoms with Gasteiger partial charge in [-0.05, 0) is 94.4 Å². The molecule has 19 heteroatoms. The highest BCUT2D eigenvalue weighted by Crippen LogP contribution is 2.37. The SMILES string of the molecule is COCC1NC(=O)C(C)N(Cc2c(F)cc(Cl)cc2Oc2ccc(-c3cnc(CN(C)C)n3C)cc2)C(=O)CC(CC(F)(F)F)C(=O)N2CCCC(Cc3ccc(Cl)cc3)(C2)N(C)C1=O. The topological polar surface area (TPSA) is 130 Å². The lowest BCUT2D eigenvalue weighted by molar-refractivity contribution is -0.166. The van der Waals surface area contributed by atoms with Crippen LogP contribution in [-0.4, -0.2) is 125 Å². The fraction of sp³-hybridized carbons (Fsp3) is 0.457. The molecule has 13 nitrogen and oxygen atoms in total. The van der Waals surface area contributed by atoms with E-state index in [1.54, 1.807) is 54.7 Å². The first kappa shape index (κ1) is 49.2. The van der Waals surface area contributed by atoms with Crippen LogP contribution in [0.4, 0.5) is 17.6 Å². The van der Waals surface area contributed by atoms with Crippen LogP contribution in [0, 0.1) is 11.7 Å². The number of alkyl halides is 3. The van der Waals surface area contributed by atoms with E-state index in [0.717, 1.165) is 33.6 Å². The van der Waals surface area contributed by atoms with Crippen LogP contribution in [0.25, 0.3) is 11.3 Å². The van der Waals surface area contributed by atoms with Crippen molar-refractivity contribution < 1.29 is 46.2 Å². The minimum absolute atomic E-state index is 0.0613. The molecule has 3 heterocycles. The average Bonchev–Trinajstić information content (AvgIpc) is 3.60. The summed E-state index contributed by atoms with van der Waals surface area (Å²) in [6.07, 6.45) is -4.87.